The minimum absolute atomic E-state index is 0. The molecule has 1 fully saturated rings. The summed E-state index contributed by atoms with van der Waals surface area (Å²) < 4.78 is 5.57. The van der Waals surface area contributed by atoms with Gasteiger partial charge < -0.3 is 20.3 Å². The molecule has 1 saturated heterocycles. The Bertz CT molecular complexity index is 833. The van der Waals surface area contributed by atoms with Gasteiger partial charge in [-0.05, 0) is 31.5 Å². The Morgan fingerprint density at radius 1 is 1.00 bits per heavy atom. The SMILES string of the molecule is CCOc1ccccc1C(=O)N1CCN(C(=O)C(N)c2ccc(C)cc2)CC1.Cl. The fourth-order valence-corrected chi connectivity index (χ4v) is 3.34. The summed E-state index contributed by atoms with van der Waals surface area (Å²) in [5.41, 5.74) is 8.66. The summed E-state index contributed by atoms with van der Waals surface area (Å²) in [4.78, 5) is 29.1. The summed E-state index contributed by atoms with van der Waals surface area (Å²) in [5.74, 6) is 0.416. The summed E-state index contributed by atoms with van der Waals surface area (Å²) in [6.07, 6.45) is 0. The average molecular weight is 418 g/mol. The summed E-state index contributed by atoms with van der Waals surface area (Å²) in [6.45, 7) is 6.29. The van der Waals surface area contributed by atoms with Gasteiger partial charge in [-0.1, -0.05) is 42.0 Å². The highest BCUT2D eigenvalue weighted by Gasteiger charge is 2.29. The number of carbonyl (C=O) groups is 2. The highest BCUT2D eigenvalue weighted by Crippen LogP contribution is 2.21. The van der Waals surface area contributed by atoms with Crippen LogP contribution in [0.15, 0.2) is 48.5 Å². The second-order valence-corrected chi connectivity index (χ2v) is 6.94. The molecule has 7 heteroatoms. The van der Waals surface area contributed by atoms with E-state index in [1.807, 2.05) is 50.2 Å². The molecule has 0 radical (unpaired) electrons. The minimum Gasteiger partial charge on any atom is -0.493 e. The van der Waals surface area contributed by atoms with Crippen molar-refractivity contribution in [3.05, 3.63) is 65.2 Å². The minimum atomic E-state index is -0.679. The van der Waals surface area contributed by atoms with Crippen LogP contribution in [0, 0.1) is 6.92 Å². The second-order valence-electron chi connectivity index (χ2n) is 6.94. The number of ether oxygens (including phenoxy) is 1. The summed E-state index contributed by atoms with van der Waals surface area (Å²) in [5, 5.41) is 0. The van der Waals surface area contributed by atoms with Crippen molar-refractivity contribution in [3.8, 4) is 5.75 Å². The monoisotopic (exact) mass is 417 g/mol. The van der Waals surface area contributed by atoms with Crippen LogP contribution in [0.5, 0.6) is 5.75 Å². The number of amides is 2. The number of rotatable bonds is 5. The summed E-state index contributed by atoms with van der Waals surface area (Å²) in [7, 11) is 0. The first-order chi connectivity index (χ1) is 13.5. The molecule has 2 N–H and O–H groups in total. The molecule has 3 rings (SSSR count). The lowest BCUT2D eigenvalue weighted by molar-refractivity contribution is -0.134. The van der Waals surface area contributed by atoms with Crippen molar-refractivity contribution in [1.29, 1.82) is 0 Å². The number of piperazine rings is 1. The van der Waals surface area contributed by atoms with Crippen LogP contribution in [0.4, 0.5) is 0 Å². The first kappa shape index (κ1) is 22.7. The Kier molecular flexibility index (Phi) is 8.05. The fourth-order valence-electron chi connectivity index (χ4n) is 3.34. The van der Waals surface area contributed by atoms with E-state index in [-0.39, 0.29) is 24.2 Å². The average Bonchev–Trinajstić information content (AvgIpc) is 2.73. The molecule has 0 spiro atoms. The number of carbonyl (C=O) groups excluding carboxylic acids is 2. The van der Waals surface area contributed by atoms with Crippen molar-refractivity contribution in [3.63, 3.8) is 0 Å². The zero-order valence-electron chi connectivity index (χ0n) is 16.8. The van der Waals surface area contributed by atoms with E-state index in [4.69, 9.17) is 10.5 Å². The van der Waals surface area contributed by atoms with Gasteiger partial charge in [0.2, 0.25) is 5.91 Å². The molecule has 2 amide bonds. The number of para-hydroxylation sites is 1. The van der Waals surface area contributed by atoms with E-state index < -0.39 is 6.04 Å². The summed E-state index contributed by atoms with van der Waals surface area (Å²) >= 11 is 0. The largest absolute Gasteiger partial charge is 0.493 e. The van der Waals surface area contributed by atoms with Crippen LogP contribution >= 0.6 is 12.4 Å². The van der Waals surface area contributed by atoms with E-state index >= 15 is 0 Å². The van der Waals surface area contributed by atoms with E-state index in [9.17, 15) is 9.59 Å². The maximum Gasteiger partial charge on any atom is 0.257 e. The number of halogens is 1. The zero-order chi connectivity index (χ0) is 20.1. The van der Waals surface area contributed by atoms with Crippen LogP contribution in [0.3, 0.4) is 0 Å². The predicted molar refractivity (Wildman–Crippen MR) is 115 cm³/mol. The molecular weight excluding hydrogens is 390 g/mol. The van der Waals surface area contributed by atoms with Gasteiger partial charge in [0.1, 0.15) is 11.8 Å². The third-order valence-corrected chi connectivity index (χ3v) is 5.00. The maximum atomic E-state index is 12.9. The number of nitrogens with zero attached hydrogens (tertiary/aromatic N) is 2. The van der Waals surface area contributed by atoms with Gasteiger partial charge in [0.15, 0.2) is 0 Å². The molecule has 1 heterocycles. The Balaban J connectivity index is 0.00000300. The van der Waals surface area contributed by atoms with Gasteiger partial charge in [-0.25, -0.2) is 0 Å². The molecule has 1 aliphatic rings. The molecule has 0 bridgehead atoms. The molecule has 2 aromatic carbocycles. The number of nitrogens with two attached hydrogens (primary N) is 1. The molecule has 0 aliphatic carbocycles. The smallest absolute Gasteiger partial charge is 0.257 e. The van der Waals surface area contributed by atoms with E-state index in [2.05, 4.69) is 0 Å². The Hall–Kier alpha value is -2.57. The molecule has 1 atom stereocenters. The van der Waals surface area contributed by atoms with Gasteiger partial charge >= 0.3 is 0 Å². The highest BCUT2D eigenvalue weighted by atomic mass is 35.5. The van der Waals surface area contributed by atoms with Crippen LogP contribution in [0.1, 0.15) is 34.5 Å². The number of hydrogen-bond acceptors (Lipinski definition) is 4. The number of hydrogen-bond donors (Lipinski definition) is 1. The van der Waals surface area contributed by atoms with Crippen LogP contribution in [0.2, 0.25) is 0 Å². The first-order valence-electron chi connectivity index (χ1n) is 9.63. The van der Waals surface area contributed by atoms with Gasteiger partial charge in [-0.3, -0.25) is 9.59 Å². The van der Waals surface area contributed by atoms with Crippen LogP contribution in [-0.2, 0) is 4.79 Å². The second kappa shape index (κ2) is 10.3. The topological polar surface area (TPSA) is 75.9 Å². The lowest BCUT2D eigenvalue weighted by atomic mass is 10.0. The Morgan fingerprint density at radius 2 is 1.59 bits per heavy atom. The van der Waals surface area contributed by atoms with Crippen molar-refractivity contribution in [2.45, 2.75) is 19.9 Å². The standard InChI is InChI=1S/C22H27N3O3.ClH/c1-3-28-19-7-5-4-6-18(19)21(26)24-12-14-25(15-13-24)22(27)20(23)17-10-8-16(2)9-11-17;/h4-11,20H,3,12-15,23H2,1-2H3;1H. The summed E-state index contributed by atoms with van der Waals surface area (Å²) in [6, 6.07) is 14.3. The van der Waals surface area contributed by atoms with Gasteiger partial charge in [-0.2, -0.15) is 0 Å². The lowest BCUT2D eigenvalue weighted by Crippen LogP contribution is -2.52. The molecule has 0 saturated carbocycles. The third-order valence-electron chi connectivity index (χ3n) is 5.00. The molecular formula is C22H28ClN3O3. The number of aryl methyl sites for hydroxylation is 1. The van der Waals surface area contributed by atoms with Crippen LogP contribution < -0.4 is 10.5 Å². The molecule has 2 aromatic rings. The third kappa shape index (κ3) is 5.28. The molecule has 156 valence electrons. The Labute approximate surface area is 178 Å². The van der Waals surface area contributed by atoms with Crippen LogP contribution in [0.25, 0.3) is 0 Å². The van der Waals surface area contributed by atoms with Crippen molar-refractivity contribution in [2.75, 3.05) is 32.8 Å². The molecule has 0 aromatic heterocycles. The van der Waals surface area contributed by atoms with Crippen LogP contribution in [-0.4, -0.2) is 54.4 Å². The van der Waals surface area contributed by atoms with Gasteiger partial charge in [0.05, 0.1) is 12.2 Å². The quantitative estimate of drug-likeness (QED) is 0.811. The van der Waals surface area contributed by atoms with Crippen molar-refractivity contribution < 1.29 is 14.3 Å². The van der Waals surface area contributed by atoms with E-state index in [0.717, 1.165) is 11.1 Å². The Morgan fingerprint density at radius 3 is 2.21 bits per heavy atom. The molecule has 1 unspecified atom stereocenters. The van der Waals surface area contributed by atoms with Crippen molar-refractivity contribution >= 4 is 24.2 Å². The van der Waals surface area contributed by atoms with Gasteiger partial charge in [0.25, 0.3) is 5.91 Å². The van der Waals surface area contributed by atoms with E-state index in [1.165, 1.54) is 0 Å². The first-order valence-corrected chi connectivity index (χ1v) is 9.63. The van der Waals surface area contributed by atoms with Gasteiger partial charge in [-0.15, -0.1) is 12.4 Å². The van der Waals surface area contributed by atoms with Gasteiger partial charge in [0, 0.05) is 26.2 Å². The van der Waals surface area contributed by atoms with E-state index in [1.54, 1.807) is 21.9 Å². The lowest BCUT2D eigenvalue weighted by Gasteiger charge is -2.36. The number of benzene rings is 2. The normalized spacial score (nSPS) is 14.7. The molecule has 6 nitrogen and oxygen atoms in total. The molecule has 1 aliphatic heterocycles. The maximum absolute atomic E-state index is 12.9. The predicted octanol–water partition coefficient (Wildman–Crippen LogP) is 2.80. The zero-order valence-corrected chi connectivity index (χ0v) is 17.7. The van der Waals surface area contributed by atoms with Crippen molar-refractivity contribution in [2.24, 2.45) is 5.73 Å². The highest BCUT2D eigenvalue weighted by molar-refractivity contribution is 5.97. The fraction of sp³-hybridized carbons (Fsp3) is 0.364. The molecule has 29 heavy (non-hydrogen) atoms. The van der Waals surface area contributed by atoms with Crippen molar-refractivity contribution in [1.82, 2.24) is 9.80 Å². The van der Waals surface area contributed by atoms with E-state index in [0.29, 0.717) is 44.1 Å².